The monoisotopic (exact) mass is 350 g/mol. The van der Waals surface area contributed by atoms with Crippen LogP contribution in [-0.2, 0) is 20.4 Å². The third-order valence-corrected chi connectivity index (χ3v) is 4.84. The third kappa shape index (κ3) is 6.77. The van der Waals surface area contributed by atoms with E-state index in [1.807, 2.05) is 13.8 Å². The predicted octanol–water partition coefficient (Wildman–Crippen LogP) is 4.91. The Balaban J connectivity index is 2.92. The SMILES string of the molecule is COC(=O)C(C)(C)Cc1ccc(C(CC(C)(C)C)O[SiH](C)C)cc1. The zero-order valence-electron chi connectivity index (χ0n) is 16.6. The van der Waals surface area contributed by atoms with Crippen LogP contribution in [0.4, 0.5) is 0 Å². The van der Waals surface area contributed by atoms with E-state index in [-0.39, 0.29) is 17.5 Å². The summed E-state index contributed by atoms with van der Waals surface area (Å²) in [4.78, 5) is 11.9. The summed E-state index contributed by atoms with van der Waals surface area (Å²) in [6, 6.07) is 8.52. The molecule has 3 nitrogen and oxygen atoms in total. The van der Waals surface area contributed by atoms with Crippen molar-refractivity contribution in [2.75, 3.05) is 7.11 Å². The Kier molecular flexibility index (Phi) is 7.23. The Hall–Kier alpha value is -1.13. The van der Waals surface area contributed by atoms with E-state index >= 15 is 0 Å². The highest BCUT2D eigenvalue weighted by Crippen LogP contribution is 2.33. The Labute approximate surface area is 149 Å². The summed E-state index contributed by atoms with van der Waals surface area (Å²) in [6.07, 6.45) is 1.83. The molecule has 1 aromatic carbocycles. The van der Waals surface area contributed by atoms with E-state index in [1.54, 1.807) is 0 Å². The molecule has 1 rings (SSSR count). The highest BCUT2D eigenvalue weighted by molar-refractivity contribution is 6.48. The number of esters is 1. The summed E-state index contributed by atoms with van der Waals surface area (Å²) in [5.41, 5.74) is 2.08. The molecule has 0 aliphatic carbocycles. The van der Waals surface area contributed by atoms with Gasteiger partial charge in [0.2, 0.25) is 0 Å². The van der Waals surface area contributed by atoms with Gasteiger partial charge in [-0.3, -0.25) is 4.79 Å². The molecule has 136 valence electrons. The molecule has 0 heterocycles. The first-order valence-corrected chi connectivity index (χ1v) is 11.6. The van der Waals surface area contributed by atoms with Gasteiger partial charge in [-0.1, -0.05) is 45.0 Å². The molecule has 0 bridgehead atoms. The normalized spacial score (nSPS) is 13.9. The molecular formula is C20H34O3Si. The predicted molar refractivity (Wildman–Crippen MR) is 103 cm³/mol. The van der Waals surface area contributed by atoms with Crippen LogP contribution in [0.1, 0.15) is 58.3 Å². The van der Waals surface area contributed by atoms with Crippen molar-refractivity contribution in [1.82, 2.24) is 0 Å². The molecule has 0 aromatic heterocycles. The first-order chi connectivity index (χ1) is 10.9. The van der Waals surface area contributed by atoms with Crippen molar-refractivity contribution >= 4 is 15.0 Å². The number of methoxy groups -OCH3 is 1. The lowest BCUT2D eigenvalue weighted by Gasteiger charge is -2.28. The fourth-order valence-electron chi connectivity index (χ4n) is 2.84. The van der Waals surface area contributed by atoms with Crippen molar-refractivity contribution in [3.63, 3.8) is 0 Å². The topological polar surface area (TPSA) is 35.5 Å². The van der Waals surface area contributed by atoms with Crippen LogP contribution in [0.2, 0.25) is 13.1 Å². The molecule has 0 N–H and O–H groups in total. The molecule has 1 unspecified atom stereocenters. The zero-order valence-corrected chi connectivity index (χ0v) is 17.8. The van der Waals surface area contributed by atoms with Gasteiger partial charge in [0.1, 0.15) is 0 Å². The second-order valence-corrected chi connectivity index (χ2v) is 11.1. The number of ether oxygens (including phenoxy) is 1. The van der Waals surface area contributed by atoms with E-state index in [2.05, 4.69) is 58.1 Å². The largest absolute Gasteiger partial charge is 0.469 e. The van der Waals surface area contributed by atoms with Gasteiger partial charge in [0.05, 0.1) is 18.6 Å². The van der Waals surface area contributed by atoms with E-state index in [9.17, 15) is 4.79 Å². The van der Waals surface area contributed by atoms with Crippen molar-refractivity contribution in [1.29, 1.82) is 0 Å². The lowest BCUT2D eigenvalue weighted by molar-refractivity contribution is -0.150. The van der Waals surface area contributed by atoms with E-state index in [0.717, 1.165) is 12.0 Å². The van der Waals surface area contributed by atoms with Crippen LogP contribution in [0, 0.1) is 10.8 Å². The van der Waals surface area contributed by atoms with Gasteiger partial charge in [-0.05, 0) is 56.3 Å². The van der Waals surface area contributed by atoms with Crippen molar-refractivity contribution in [3.05, 3.63) is 35.4 Å². The van der Waals surface area contributed by atoms with Crippen LogP contribution in [0.25, 0.3) is 0 Å². The van der Waals surface area contributed by atoms with E-state index < -0.39 is 14.5 Å². The first kappa shape index (κ1) is 20.9. The van der Waals surface area contributed by atoms with Crippen molar-refractivity contribution in [2.24, 2.45) is 10.8 Å². The Morgan fingerprint density at radius 3 is 2.04 bits per heavy atom. The van der Waals surface area contributed by atoms with E-state index in [1.165, 1.54) is 12.7 Å². The van der Waals surface area contributed by atoms with Gasteiger partial charge in [0, 0.05) is 0 Å². The summed E-state index contributed by atoms with van der Waals surface area (Å²) in [6.45, 7) is 15.0. The van der Waals surface area contributed by atoms with Crippen LogP contribution in [-0.4, -0.2) is 22.1 Å². The average Bonchev–Trinajstić information content (AvgIpc) is 2.44. The smallest absolute Gasteiger partial charge is 0.311 e. The molecule has 24 heavy (non-hydrogen) atoms. The lowest BCUT2D eigenvalue weighted by Crippen LogP contribution is -2.28. The fourth-order valence-corrected chi connectivity index (χ4v) is 3.75. The molecule has 1 aromatic rings. The van der Waals surface area contributed by atoms with Crippen molar-refractivity contribution in [3.8, 4) is 0 Å². The third-order valence-electron chi connectivity index (χ3n) is 3.97. The van der Waals surface area contributed by atoms with Crippen molar-refractivity contribution in [2.45, 2.75) is 66.7 Å². The maximum absolute atomic E-state index is 11.9. The van der Waals surface area contributed by atoms with Crippen LogP contribution in [0.5, 0.6) is 0 Å². The summed E-state index contributed by atoms with van der Waals surface area (Å²) in [5, 5.41) is 0. The van der Waals surface area contributed by atoms with Gasteiger partial charge in [0.15, 0.2) is 9.04 Å². The Bertz CT molecular complexity index is 527. The van der Waals surface area contributed by atoms with Gasteiger partial charge in [-0.25, -0.2) is 0 Å². The molecule has 0 saturated heterocycles. The molecule has 0 fully saturated rings. The van der Waals surface area contributed by atoms with Gasteiger partial charge in [0.25, 0.3) is 0 Å². The minimum atomic E-state index is -1.11. The Morgan fingerprint density at radius 2 is 1.62 bits per heavy atom. The molecule has 0 aliphatic rings. The molecule has 0 radical (unpaired) electrons. The van der Waals surface area contributed by atoms with Crippen LogP contribution >= 0.6 is 0 Å². The molecule has 1 atom stereocenters. The second kappa shape index (κ2) is 8.30. The van der Waals surface area contributed by atoms with Gasteiger partial charge < -0.3 is 9.16 Å². The van der Waals surface area contributed by atoms with Crippen LogP contribution < -0.4 is 0 Å². The number of benzene rings is 1. The highest BCUT2D eigenvalue weighted by atomic mass is 28.3. The van der Waals surface area contributed by atoms with E-state index in [4.69, 9.17) is 9.16 Å². The average molecular weight is 351 g/mol. The van der Waals surface area contributed by atoms with Gasteiger partial charge in [-0.2, -0.15) is 0 Å². The quantitative estimate of drug-likeness (QED) is 0.518. The minimum Gasteiger partial charge on any atom is -0.469 e. The number of hydrogen-bond donors (Lipinski definition) is 0. The highest BCUT2D eigenvalue weighted by Gasteiger charge is 2.29. The molecule has 0 aliphatic heterocycles. The van der Waals surface area contributed by atoms with Gasteiger partial charge in [-0.15, -0.1) is 0 Å². The lowest BCUT2D eigenvalue weighted by atomic mass is 9.84. The van der Waals surface area contributed by atoms with E-state index in [0.29, 0.717) is 6.42 Å². The first-order valence-electron chi connectivity index (χ1n) is 8.77. The molecule has 0 spiro atoms. The van der Waals surface area contributed by atoms with Crippen LogP contribution in [0.15, 0.2) is 24.3 Å². The number of hydrogen-bond acceptors (Lipinski definition) is 3. The maximum Gasteiger partial charge on any atom is 0.311 e. The summed E-state index contributed by atoms with van der Waals surface area (Å²) >= 11 is 0. The summed E-state index contributed by atoms with van der Waals surface area (Å²) in [7, 11) is 0.328. The van der Waals surface area contributed by atoms with Crippen molar-refractivity contribution < 1.29 is 14.0 Å². The second-order valence-electron chi connectivity index (χ2n) is 8.73. The molecule has 4 heteroatoms. The molecular weight excluding hydrogens is 316 g/mol. The number of rotatable bonds is 7. The standard InChI is InChI=1S/C20H34O3Si/c1-19(2,3)14-17(23-24(7)8)16-11-9-15(10-12-16)13-20(4,5)18(21)22-6/h9-12,17,24H,13-14H2,1-8H3. The fraction of sp³-hybridized carbons (Fsp3) is 0.650. The Morgan fingerprint density at radius 1 is 1.08 bits per heavy atom. The summed E-state index contributed by atoms with van der Waals surface area (Å²) < 4.78 is 11.2. The molecule has 0 saturated carbocycles. The summed E-state index contributed by atoms with van der Waals surface area (Å²) in [5.74, 6) is -0.175. The minimum absolute atomic E-state index is 0.152. The molecule has 0 amide bonds. The maximum atomic E-state index is 11.9. The number of carbonyl (C=O) groups is 1. The zero-order chi connectivity index (χ0) is 18.5. The van der Waals surface area contributed by atoms with Crippen LogP contribution in [0.3, 0.4) is 0 Å². The number of carbonyl (C=O) groups excluding carboxylic acids is 1. The van der Waals surface area contributed by atoms with Gasteiger partial charge >= 0.3 is 5.97 Å².